The molecule has 0 spiro atoms. The van der Waals surface area contributed by atoms with Gasteiger partial charge in [0.15, 0.2) is 0 Å². The maximum atomic E-state index is 11.6. The molecule has 16 heavy (non-hydrogen) atoms. The van der Waals surface area contributed by atoms with Crippen molar-refractivity contribution in [3.05, 3.63) is 0 Å². The Hall–Kier alpha value is -1.10. The van der Waals surface area contributed by atoms with E-state index in [-0.39, 0.29) is 6.09 Å². The highest BCUT2D eigenvalue weighted by atomic mass is 16.6. The zero-order chi connectivity index (χ0) is 12.4. The van der Waals surface area contributed by atoms with Crippen LogP contribution in [0.2, 0.25) is 0 Å². The second-order valence-corrected chi connectivity index (χ2v) is 5.25. The number of likely N-dealkylation sites (tertiary alicyclic amines) is 1. The second-order valence-electron chi connectivity index (χ2n) is 5.25. The predicted molar refractivity (Wildman–Crippen MR) is 58.2 cm³/mol. The van der Waals surface area contributed by atoms with Crippen LogP contribution in [0.15, 0.2) is 0 Å². The third-order valence-corrected chi connectivity index (χ3v) is 2.34. The molecule has 1 saturated heterocycles. The standard InChI is InChI=1S/C11H19NO4/c1-10(2,3)16-9(14)12-5-11(6-12,7-13)8-15-4/h7H,5-6,8H2,1-4H3. The molecule has 1 heterocycles. The average molecular weight is 229 g/mol. The van der Waals surface area contributed by atoms with Crippen molar-refractivity contribution in [2.24, 2.45) is 5.41 Å². The molecule has 0 atom stereocenters. The van der Waals surface area contributed by atoms with Crippen LogP contribution < -0.4 is 0 Å². The number of amides is 1. The lowest BCUT2D eigenvalue weighted by Gasteiger charge is -2.45. The van der Waals surface area contributed by atoms with Crippen molar-refractivity contribution in [3.63, 3.8) is 0 Å². The minimum atomic E-state index is -0.536. The van der Waals surface area contributed by atoms with Crippen LogP contribution in [-0.2, 0) is 14.3 Å². The Morgan fingerprint density at radius 1 is 1.44 bits per heavy atom. The quantitative estimate of drug-likeness (QED) is 0.679. The monoisotopic (exact) mass is 229 g/mol. The first kappa shape index (κ1) is 13.0. The van der Waals surface area contributed by atoms with E-state index in [1.165, 1.54) is 4.90 Å². The molecule has 1 amide bonds. The summed E-state index contributed by atoms with van der Waals surface area (Å²) in [6, 6.07) is 0. The highest BCUT2D eigenvalue weighted by molar-refractivity contribution is 5.74. The lowest BCUT2D eigenvalue weighted by Crippen LogP contribution is -2.62. The van der Waals surface area contributed by atoms with E-state index in [0.29, 0.717) is 19.7 Å². The first-order chi connectivity index (χ1) is 7.32. The summed E-state index contributed by atoms with van der Waals surface area (Å²) < 4.78 is 10.1. The van der Waals surface area contributed by atoms with Crippen LogP contribution >= 0.6 is 0 Å². The SMILES string of the molecule is COCC1(C=O)CN(C(=O)OC(C)(C)C)C1. The Morgan fingerprint density at radius 3 is 2.38 bits per heavy atom. The van der Waals surface area contributed by atoms with E-state index in [9.17, 15) is 9.59 Å². The van der Waals surface area contributed by atoms with Gasteiger partial charge in [-0.3, -0.25) is 0 Å². The molecule has 0 saturated carbocycles. The third kappa shape index (κ3) is 2.95. The van der Waals surface area contributed by atoms with Crippen molar-refractivity contribution >= 4 is 12.4 Å². The van der Waals surface area contributed by atoms with Gasteiger partial charge in [-0.25, -0.2) is 4.79 Å². The number of hydrogen-bond donors (Lipinski definition) is 0. The molecule has 1 aliphatic heterocycles. The van der Waals surface area contributed by atoms with Gasteiger partial charge in [0.2, 0.25) is 0 Å². The number of ether oxygens (including phenoxy) is 2. The lowest BCUT2D eigenvalue weighted by atomic mass is 9.82. The van der Waals surface area contributed by atoms with Crippen LogP contribution in [0.25, 0.3) is 0 Å². The van der Waals surface area contributed by atoms with E-state index in [1.54, 1.807) is 7.11 Å². The van der Waals surface area contributed by atoms with Gasteiger partial charge in [0.25, 0.3) is 0 Å². The molecular weight excluding hydrogens is 210 g/mol. The smallest absolute Gasteiger partial charge is 0.410 e. The molecule has 0 aromatic carbocycles. The topological polar surface area (TPSA) is 55.8 Å². The molecule has 0 N–H and O–H groups in total. The first-order valence-electron chi connectivity index (χ1n) is 5.25. The lowest BCUT2D eigenvalue weighted by molar-refractivity contribution is -0.130. The maximum Gasteiger partial charge on any atom is 0.410 e. The fourth-order valence-corrected chi connectivity index (χ4v) is 1.66. The van der Waals surface area contributed by atoms with Gasteiger partial charge in [-0.05, 0) is 20.8 Å². The van der Waals surface area contributed by atoms with Gasteiger partial charge in [-0.1, -0.05) is 0 Å². The van der Waals surface area contributed by atoms with Crippen LogP contribution in [0.5, 0.6) is 0 Å². The van der Waals surface area contributed by atoms with E-state index in [0.717, 1.165) is 6.29 Å². The van der Waals surface area contributed by atoms with Crippen LogP contribution in [0, 0.1) is 5.41 Å². The number of nitrogens with zero attached hydrogens (tertiary/aromatic N) is 1. The van der Waals surface area contributed by atoms with Gasteiger partial charge >= 0.3 is 6.09 Å². The van der Waals surface area contributed by atoms with Crippen molar-refractivity contribution in [1.82, 2.24) is 4.90 Å². The average Bonchev–Trinajstić information content (AvgIpc) is 2.07. The molecule has 1 aliphatic rings. The van der Waals surface area contributed by atoms with Crippen LogP contribution in [-0.4, -0.2) is 49.7 Å². The zero-order valence-electron chi connectivity index (χ0n) is 10.3. The third-order valence-electron chi connectivity index (χ3n) is 2.34. The number of carbonyl (C=O) groups excluding carboxylic acids is 2. The molecule has 0 aliphatic carbocycles. The summed E-state index contributed by atoms with van der Waals surface area (Å²) in [5.41, 5.74) is -1.04. The molecule has 5 nitrogen and oxygen atoms in total. The zero-order valence-corrected chi connectivity index (χ0v) is 10.3. The minimum absolute atomic E-state index is 0.343. The Balaban J connectivity index is 2.45. The Labute approximate surface area is 95.7 Å². The Kier molecular flexibility index (Phi) is 3.57. The van der Waals surface area contributed by atoms with Crippen LogP contribution in [0.4, 0.5) is 4.79 Å². The molecule has 0 bridgehead atoms. The molecule has 0 radical (unpaired) electrons. The molecule has 1 fully saturated rings. The van der Waals surface area contributed by atoms with Gasteiger partial charge in [-0.2, -0.15) is 0 Å². The summed E-state index contributed by atoms with van der Waals surface area (Å²) >= 11 is 0. The Bertz CT molecular complexity index is 276. The summed E-state index contributed by atoms with van der Waals surface area (Å²) in [6.45, 7) is 6.53. The summed E-state index contributed by atoms with van der Waals surface area (Å²) in [4.78, 5) is 24.0. The Morgan fingerprint density at radius 2 is 2.00 bits per heavy atom. The van der Waals surface area contributed by atoms with Gasteiger partial charge in [0, 0.05) is 20.2 Å². The van der Waals surface area contributed by atoms with Crippen molar-refractivity contribution in [3.8, 4) is 0 Å². The van der Waals surface area contributed by atoms with Crippen molar-refractivity contribution < 1.29 is 19.1 Å². The second kappa shape index (κ2) is 4.41. The summed E-state index contributed by atoms with van der Waals surface area (Å²) in [7, 11) is 1.54. The number of aldehydes is 1. The largest absolute Gasteiger partial charge is 0.444 e. The van der Waals surface area contributed by atoms with Gasteiger partial charge < -0.3 is 19.2 Å². The van der Waals surface area contributed by atoms with Crippen LogP contribution in [0.1, 0.15) is 20.8 Å². The molecule has 5 heteroatoms. The van der Waals surface area contributed by atoms with Crippen LogP contribution in [0.3, 0.4) is 0 Å². The molecule has 0 aromatic rings. The van der Waals surface area contributed by atoms with Crippen molar-refractivity contribution in [2.45, 2.75) is 26.4 Å². The predicted octanol–water partition coefficient (Wildman–Crippen LogP) is 1.07. The minimum Gasteiger partial charge on any atom is -0.444 e. The summed E-state index contributed by atoms with van der Waals surface area (Å²) in [6.07, 6.45) is 0.484. The van der Waals surface area contributed by atoms with E-state index in [4.69, 9.17) is 9.47 Å². The summed E-state index contributed by atoms with van der Waals surface area (Å²) in [5, 5.41) is 0. The highest BCUT2D eigenvalue weighted by Crippen LogP contribution is 2.29. The van der Waals surface area contributed by atoms with E-state index in [2.05, 4.69) is 0 Å². The first-order valence-corrected chi connectivity index (χ1v) is 5.25. The number of rotatable bonds is 3. The van der Waals surface area contributed by atoms with Crippen molar-refractivity contribution in [2.75, 3.05) is 26.8 Å². The summed E-state index contributed by atoms with van der Waals surface area (Å²) in [5.74, 6) is 0. The van der Waals surface area contributed by atoms with Gasteiger partial charge in [0.05, 0.1) is 12.0 Å². The van der Waals surface area contributed by atoms with E-state index in [1.807, 2.05) is 20.8 Å². The van der Waals surface area contributed by atoms with Gasteiger partial charge in [-0.15, -0.1) is 0 Å². The normalized spacial score (nSPS) is 18.9. The molecule has 92 valence electrons. The van der Waals surface area contributed by atoms with Crippen molar-refractivity contribution in [1.29, 1.82) is 0 Å². The molecule has 0 aromatic heterocycles. The maximum absolute atomic E-state index is 11.6. The van der Waals surface area contributed by atoms with E-state index >= 15 is 0 Å². The number of carbonyl (C=O) groups is 2. The van der Waals surface area contributed by atoms with Gasteiger partial charge in [0.1, 0.15) is 11.9 Å². The number of hydrogen-bond acceptors (Lipinski definition) is 4. The molecule has 1 rings (SSSR count). The number of methoxy groups -OCH3 is 1. The fraction of sp³-hybridized carbons (Fsp3) is 0.818. The fourth-order valence-electron chi connectivity index (χ4n) is 1.66. The molecular formula is C11H19NO4. The van der Waals surface area contributed by atoms with E-state index < -0.39 is 11.0 Å². The highest BCUT2D eigenvalue weighted by Gasteiger charge is 2.46. The molecule has 0 unspecified atom stereocenters.